The molecule has 0 spiro atoms. The van der Waals surface area contributed by atoms with E-state index in [4.69, 9.17) is 10.5 Å². The number of nitrogens with one attached hydrogen (secondary N) is 1. The van der Waals surface area contributed by atoms with Crippen LogP contribution in [0.4, 0.5) is 5.13 Å². The van der Waals surface area contributed by atoms with Crippen molar-refractivity contribution in [3.8, 4) is 0 Å². The van der Waals surface area contributed by atoms with Crippen LogP contribution >= 0.6 is 36.2 Å². The van der Waals surface area contributed by atoms with E-state index < -0.39 is 5.41 Å². The van der Waals surface area contributed by atoms with Gasteiger partial charge in [-0.25, -0.2) is 4.98 Å². The van der Waals surface area contributed by atoms with E-state index in [1.807, 2.05) is 31.1 Å². The van der Waals surface area contributed by atoms with Gasteiger partial charge in [-0.1, -0.05) is 20.8 Å². The number of carbonyl (C=O) groups excluding carboxylic acids is 2. The number of rotatable bonds is 7. The predicted octanol–water partition coefficient (Wildman–Crippen LogP) is 2.87. The van der Waals surface area contributed by atoms with E-state index in [0.717, 1.165) is 19.3 Å². The maximum absolute atomic E-state index is 12.5. The summed E-state index contributed by atoms with van der Waals surface area (Å²) in [4.78, 5) is 30.7. The minimum absolute atomic E-state index is 0. The van der Waals surface area contributed by atoms with Gasteiger partial charge in [0.25, 0.3) is 0 Å². The first kappa shape index (κ1) is 27.1. The van der Waals surface area contributed by atoms with Crippen molar-refractivity contribution in [1.29, 1.82) is 0 Å². The van der Waals surface area contributed by atoms with E-state index in [2.05, 4.69) is 10.3 Å². The summed E-state index contributed by atoms with van der Waals surface area (Å²) in [7, 11) is 0. The van der Waals surface area contributed by atoms with Gasteiger partial charge in [0.2, 0.25) is 11.8 Å². The molecule has 1 saturated heterocycles. The molecule has 0 bridgehead atoms. The van der Waals surface area contributed by atoms with Crippen LogP contribution in [0, 0.1) is 5.41 Å². The number of likely N-dealkylation sites (tertiary alicyclic amines) is 1. The number of nitrogens with zero attached hydrogens (tertiary/aromatic N) is 2. The number of ether oxygens (including phenoxy) is 1. The highest BCUT2D eigenvalue weighted by Gasteiger charge is 2.25. The highest BCUT2D eigenvalue weighted by Crippen LogP contribution is 2.21. The third kappa shape index (κ3) is 8.61. The molecule has 28 heavy (non-hydrogen) atoms. The van der Waals surface area contributed by atoms with Gasteiger partial charge in [-0.2, -0.15) is 0 Å². The maximum Gasteiger partial charge on any atom is 0.231 e. The van der Waals surface area contributed by atoms with E-state index in [9.17, 15) is 9.59 Å². The Bertz CT molecular complexity index is 614. The van der Waals surface area contributed by atoms with E-state index >= 15 is 0 Å². The molecule has 0 aliphatic carbocycles. The Balaban J connectivity index is 0.00000364. The number of nitrogens with two attached hydrogens (primary N) is 1. The van der Waals surface area contributed by atoms with Crippen LogP contribution in [-0.4, -0.2) is 54.0 Å². The normalized spacial score (nSPS) is 14.8. The Morgan fingerprint density at radius 2 is 1.96 bits per heavy atom. The van der Waals surface area contributed by atoms with Gasteiger partial charge in [-0.15, -0.1) is 36.2 Å². The Morgan fingerprint density at radius 1 is 1.32 bits per heavy atom. The summed E-state index contributed by atoms with van der Waals surface area (Å²) in [6.45, 7) is 8.31. The van der Waals surface area contributed by atoms with Crippen molar-refractivity contribution in [3.05, 3.63) is 11.1 Å². The van der Waals surface area contributed by atoms with Crippen LogP contribution in [0.1, 0.15) is 45.7 Å². The quantitative estimate of drug-likeness (QED) is 0.617. The first-order valence-electron chi connectivity index (χ1n) is 9.15. The highest BCUT2D eigenvalue weighted by molar-refractivity contribution is 7.13. The van der Waals surface area contributed by atoms with Gasteiger partial charge < -0.3 is 20.7 Å². The Morgan fingerprint density at radius 3 is 2.54 bits per heavy atom. The SMILES string of the molecule is CC(C)(C)C(=O)Nc1nc(CC(=O)N2CCC(OCCCN)CC2)cs1.Cl.Cl. The van der Waals surface area contributed by atoms with Crippen molar-refractivity contribution < 1.29 is 14.3 Å². The van der Waals surface area contributed by atoms with Crippen LogP contribution in [0.15, 0.2) is 5.38 Å². The van der Waals surface area contributed by atoms with E-state index in [1.54, 1.807) is 0 Å². The second-order valence-electron chi connectivity index (χ2n) is 7.62. The number of carbonyl (C=O) groups is 2. The smallest absolute Gasteiger partial charge is 0.231 e. The molecule has 0 unspecified atom stereocenters. The second kappa shape index (κ2) is 12.6. The molecule has 2 amide bonds. The number of aromatic nitrogens is 1. The number of hydrogen-bond acceptors (Lipinski definition) is 6. The molecular weight excluding hydrogens is 423 g/mol. The Labute approximate surface area is 183 Å². The van der Waals surface area contributed by atoms with Gasteiger partial charge in [0.05, 0.1) is 18.2 Å². The lowest BCUT2D eigenvalue weighted by Gasteiger charge is -2.32. The zero-order valence-electron chi connectivity index (χ0n) is 16.7. The van der Waals surface area contributed by atoms with Gasteiger partial charge in [-0.05, 0) is 25.8 Å². The zero-order valence-corrected chi connectivity index (χ0v) is 19.2. The number of amides is 2. The van der Waals surface area contributed by atoms with E-state index in [1.165, 1.54) is 11.3 Å². The minimum Gasteiger partial charge on any atom is -0.378 e. The standard InChI is InChI=1S/C18H30N4O3S.2ClH/c1-18(2,3)16(24)21-17-20-13(12-26-17)11-15(23)22-8-5-14(6-9-22)25-10-4-7-19;;/h12,14H,4-11,19H2,1-3H3,(H,20,21,24);2*1H. The summed E-state index contributed by atoms with van der Waals surface area (Å²) in [5, 5.41) is 5.18. The molecule has 1 aromatic heterocycles. The zero-order chi connectivity index (χ0) is 19.2. The van der Waals surface area contributed by atoms with Crippen molar-refractivity contribution >= 4 is 53.1 Å². The van der Waals surface area contributed by atoms with Crippen molar-refractivity contribution in [2.45, 2.75) is 52.6 Å². The molecule has 162 valence electrons. The number of piperidine rings is 1. The van der Waals surface area contributed by atoms with Gasteiger partial charge >= 0.3 is 0 Å². The summed E-state index contributed by atoms with van der Waals surface area (Å²) in [5.74, 6) is -0.00848. The van der Waals surface area contributed by atoms with Gasteiger partial charge in [0.15, 0.2) is 5.13 Å². The third-order valence-corrected chi connectivity index (χ3v) is 5.09. The average Bonchev–Trinajstić information content (AvgIpc) is 3.01. The number of halogens is 2. The van der Waals surface area contributed by atoms with Crippen LogP contribution in [-0.2, 0) is 20.7 Å². The molecule has 7 nitrogen and oxygen atoms in total. The van der Waals surface area contributed by atoms with Crippen LogP contribution in [0.2, 0.25) is 0 Å². The highest BCUT2D eigenvalue weighted by atomic mass is 35.5. The molecule has 0 saturated carbocycles. The molecule has 1 fully saturated rings. The lowest BCUT2D eigenvalue weighted by molar-refractivity contribution is -0.133. The Kier molecular flexibility index (Phi) is 12.2. The summed E-state index contributed by atoms with van der Waals surface area (Å²) >= 11 is 1.35. The van der Waals surface area contributed by atoms with Crippen molar-refractivity contribution in [2.75, 3.05) is 31.6 Å². The summed E-state index contributed by atoms with van der Waals surface area (Å²) in [5.41, 5.74) is 5.69. The third-order valence-electron chi connectivity index (χ3n) is 4.28. The van der Waals surface area contributed by atoms with E-state index in [0.29, 0.717) is 37.1 Å². The van der Waals surface area contributed by atoms with Crippen molar-refractivity contribution in [1.82, 2.24) is 9.88 Å². The second-order valence-corrected chi connectivity index (χ2v) is 8.48. The number of thiazole rings is 1. The minimum atomic E-state index is -0.474. The van der Waals surface area contributed by atoms with Gasteiger partial charge in [0, 0.05) is 30.5 Å². The summed E-state index contributed by atoms with van der Waals surface area (Å²) < 4.78 is 5.77. The average molecular weight is 455 g/mol. The maximum atomic E-state index is 12.5. The monoisotopic (exact) mass is 454 g/mol. The molecule has 0 atom stereocenters. The molecule has 0 aromatic carbocycles. The number of hydrogen-bond donors (Lipinski definition) is 2. The molecule has 2 heterocycles. The lowest BCUT2D eigenvalue weighted by Crippen LogP contribution is -2.41. The van der Waals surface area contributed by atoms with E-state index in [-0.39, 0.29) is 49.2 Å². The van der Waals surface area contributed by atoms with Crippen LogP contribution in [0.3, 0.4) is 0 Å². The Hall–Kier alpha value is -0.930. The molecule has 0 radical (unpaired) electrons. The van der Waals surface area contributed by atoms with Gasteiger partial charge in [0.1, 0.15) is 0 Å². The summed E-state index contributed by atoms with van der Waals surface area (Å²) in [6.07, 6.45) is 3.09. The van der Waals surface area contributed by atoms with Crippen LogP contribution in [0.25, 0.3) is 0 Å². The first-order valence-corrected chi connectivity index (χ1v) is 10.0. The largest absolute Gasteiger partial charge is 0.378 e. The predicted molar refractivity (Wildman–Crippen MR) is 118 cm³/mol. The topological polar surface area (TPSA) is 97.5 Å². The van der Waals surface area contributed by atoms with Crippen LogP contribution < -0.4 is 11.1 Å². The fraction of sp³-hybridized carbons (Fsp3) is 0.722. The fourth-order valence-electron chi connectivity index (χ4n) is 2.60. The van der Waals surface area contributed by atoms with Crippen molar-refractivity contribution in [2.24, 2.45) is 11.1 Å². The molecule has 1 aromatic rings. The molecule has 10 heteroatoms. The molecule has 1 aliphatic heterocycles. The van der Waals surface area contributed by atoms with Gasteiger partial charge in [-0.3, -0.25) is 9.59 Å². The molecular formula is C18H32Cl2N4O3S. The molecule has 1 aliphatic rings. The molecule has 3 N–H and O–H groups in total. The van der Waals surface area contributed by atoms with Crippen molar-refractivity contribution in [3.63, 3.8) is 0 Å². The summed E-state index contributed by atoms with van der Waals surface area (Å²) in [6, 6.07) is 0. The molecule has 2 rings (SSSR count). The number of anilines is 1. The lowest BCUT2D eigenvalue weighted by atomic mass is 9.96. The fourth-order valence-corrected chi connectivity index (χ4v) is 3.31. The first-order chi connectivity index (χ1) is 12.3. The van der Waals surface area contributed by atoms with Crippen LogP contribution in [0.5, 0.6) is 0 Å².